The molecule has 0 aliphatic carbocycles. The average Bonchev–Trinajstić information content (AvgIpc) is 2.76. The van der Waals surface area contributed by atoms with Crippen molar-refractivity contribution in [2.75, 3.05) is 6.54 Å². The Balaban J connectivity index is 1.40. The predicted molar refractivity (Wildman–Crippen MR) is 113 cm³/mol. The van der Waals surface area contributed by atoms with E-state index in [4.69, 9.17) is 0 Å². The van der Waals surface area contributed by atoms with E-state index in [0.717, 1.165) is 31.5 Å². The largest absolute Gasteiger partial charge is 0.311 e. The lowest BCUT2D eigenvalue weighted by Crippen LogP contribution is -2.49. The molecule has 1 heterocycles. The molecule has 0 spiro atoms. The van der Waals surface area contributed by atoms with Crippen molar-refractivity contribution in [1.29, 1.82) is 0 Å². The van der Waals surface area contributed by atoms with Crippen LogP contribution in [0.1, 0.15) is 35.4 Å². The lowest BCUT2D eigenvalue weighted by atomic mass is 9.81. The molecule has 0 saturated carbocycles. The summed E-state index contributed by atoms with van der Waals surface area (Å²) in [6.45, 7) is 1.72. The summed E-state index contributed by atoms with van der Waals surface area (Å²) >= 11 is 0. The van der Waals surface area contributed by atoms with Crippen LogP contribution in [0, 0.1) is 5.82 Å². The van der Waals surface area contributed by atoms with Gasteiger partial charge < -0.3 is 10.6 Å². The zero-order chi connectivity index (χ0) is 19.2. The molecule has 3 aromatic carbocycles. The van der Waals surface area contributed by atoms with E-state index in [1.165, 1.54) is 23.3 Å². The third-order valence-corrected chi connectivity index (χ3v) is 5.68. The molecule has 1 aliphatic heterocycles. The van der Waals surface area contributed by atoms with E-state index in [2.05, 4.69) is 71.3 Å². The summed E-state index contributed by atoms with van der Waals surface area (Å²) in [4.78, 5) is 0. The Morgan fingerprint density at radius 2 is 1.43 bits per heavy atom. The van der Waals surface area contributed by atoms with E-state index >= 15 is 0 Å². The minimum absolute atomic E-state index is 0.182. The normalized spacial score (nSPS) is 19.6. The van der Waals surface area contributed by atoms with Crippen molar-refractivity contribution in [2.24, 2.45) is 0 Å². The smallest absolute Gasteiger partial charge is 0.123 e. The van der Waals surface area contributed by atoms with Crippen LogP contribution < -0.4 is 10.6 Å². The highest BCUT2D eigenvalue weighted by Crippen LogP contribution is 2.31. The van der Waals surface area contributed by atoms with Crippen LogP contribution in [0.3, 0.4) is 0 Å². The Bertz CT molecular complexity index is 801. The summed E-state index contributed by atoms with van der Waals surface area (Å²) in [5, 5.41) is 7.40. The van der Waals surface area contributed by atoms with Crippen LogP contribution in [0.2, 0.25) is 0 Å². The lowest BCUT2D eigenvalue weighted by Gasteiger charge is -2.36. The van der Waals surface area contributed by atoms with Crippen molar-refractivity contribution >= 4 is 0 Å². The number of rotatable bonds is 6. The summed E-state index contributed by atoms with van der Waals surface area (Å²) in [5.41, 5.74) is 3.85. The van der Waals surface area contributed by atoms with E-state index in [9.17, 15) is 4.39 Å². The standard InChI is InChI=1S/C25H27FN2/c26-22-13-11-19(12-14-22)17-27-23-15-16-24(28-18-23)25(20-7-3-1-4-8-20)21-9-5-2-6-10-21/h1-14,23-25,27-28H,15-18H2/t23-,24-/m1/s1. The first-order valence-corrected chi connectivity index (χ1v) is 10.1. The second-order valence-electron chi connectivity index (χ2n) is 7.60. The van der Waals surface area contributed by atoms with E-state index in [1.54, 1.807) is 0 Å². The van der Waals surface area contributed by atoms with Gasteiger partial charge in [0.2, 0.25) is 0 Å². The molecule has 0 bridgehead atoms. The van der Waals surface area contributed by atoms with E-state index in [-0.39, 0.29) is 5.82 Å². The average molecular weight is 375 g/mol. The fourth-order valence-corrected chi connectivity index (χ4v) is 4.18. The molecule has 0 unspecified atom stereocenters. The molecule has 0 aromatic heterocycles. The van der Waals surface area contributed by atoms with Gasteiger partial charge in [0.15, 0.2) is 0 Å². The van der Waals surface area contributed by atoms with Crippen molar-refractivity contribution in [2.45, 2.75) is 37.4 Å². The summed E-state index contributed by atoms with van der Waals surface area (Å²) in [7, 11) is 0. The zero-order valence-electron chi connectivity index (χ0n) is 16.0. The number of hydrogen-bond acceptors (Lipinski definition) is 2. The van der Waals surface area contributed by atoms with Crippen LogP contribution in [0.25, 0.3) is 0 Å². The minimum Gasteiger partial charge on any atom is -0.311 e. The van der Waals surface area contributed by atoms with Crippen LogP contribution in [0.5, 0.6) is 0 Å². The van der Waals surface area contributed by atoms with Gasteiger partial charge in [0, 0.05) is 31.1 Å². The molecule has 2 nitrogen and oxygen atoms in total. The van der Waals surface area contributed by atoms with Crippen LogP contribution in [0.15, 0.2) is 84.9 Å². The highest BCUT2D eigenvalue weighted by Gasteiger charge is 2.29. The third-order valence-electron chi connectivity index (χ3n) is 5.68. The van der Waals surface area contributed by atoms with Crippen molar-refractivity contribution < 1.29 is 4.39 Å². The number of benzene rings is 3. The molecule has 144 valence electrons. The summed E-state index contributed by atoms with van der Waals surface area (Å²) in [6, 6.07) is 29.2. The Morgan fingerprint density at radius 3 is 1.96 bits per heavy atom. The molecule has 1 aliphatic rings. The topological polar surface area (TPSA) is 24.1 Å². The fraction of sp³-hybridized carbons (Fsp3) is 0.280. The highest BCUT2D eigenvalue weighted by molar-refractivity contribution is 5.34. The van der Waals surface area contributed by atoms with Gasteiger partial charge in [-0.3, -0.25) is 0 Å². The van der Waals surface area contributed by atoms with Gasteiger partial charge in [-0.25, -0.2) is 4.39 Å². The lowest BCUT2D eigenvalue weighted by molar-refractivity contribution is 0.307. The van der Waals surface area contributed by atoms with Crippen LogP contribution in [-0.4, -0.2) is 18.6 Å². The Labute approximate surface area is 166 Å². The van der Waals surface area contributed by atoms with Crippen molar-refractivity contribution in [3.63, 3.8) is 0 Å². The first-order valence-electron chi connectivity index (χ1n) is 10.1. The van der Waals surface area contributed by atoms with Crippen LogP contribution in [0.4, 0.5) is 4.39 Å². The van der Waals surface area contributed by atoms with Crippen LogP contribution >= 0.6 is 0 Å². The summed E-state index contributed by atoms with van der Waals surface area (Å²) in [5.74, 6) is 0.180. The van der Waals surface area contributed by atoms with E-state index < -0.39 is 0 Å². The molecule has 1 fully saturated rings. The predicted octanol–water partition coefficient (Wildman–Crippen LogP) is 4.87. The Kier molecular flexibility index (Phi) is 6.15. The summed E-state index contributed by atoms with van der Waals surface area (Å²) in [6.07, 6.45) is 2.25. The van der Waals surface area contributed by atoms with Crippen molar-refractivity contribution in [3.05, 3.63) is 107 Å². The first-order chi connectivity index (χ1) is 13.8. The number of halogens is 1. The molecular weight excluding hydrogens is 347 g/mol. The maximum atomic E-state index is 13.0. The molecule has 2 atom stereocenters. The zero-order valence-corrected chi connectivity index (χ0v) is 16.0. The minimum atomic E-state index is -0.182. The number of nitrogens with one attached hydrogen (secondary N) is 2. The maximum Gasteiger partial charge on any atom is 0.123 e. The van der Waals surface area contributed by atoms with Gasteiger partial charge in [0.1, 0.15) is 5.82 Å². The highest BCUT2D eigenvalue weighted by atomic mass is 19.1. The van der Waals surface area contributed by atoms with Crippen molar-refractivity contribution in [1.82, 2.24) is 10.6 Å². The number of hydrogen-bond donors (Lipinski definition) is 2. The molecule has 2 N–H and O–H groups in total. The first kappa shape index (κ1) is 18.9. The Hall–Kier alpha value is -2.49. The number of piperidine rings is 1. The van der Waals surface area contributed by atoms with Crippen LogP contribution in [-0.2, 0) is 6.54 Å². The second-order valence-corrected chi connectivity index (χ2v) is 7.60. The van der Waals surface area contributed by atoms with Gasteiger partial charge in [-0.1, -0.05) is 72.8 Å². The molecule has 0 amide bonds. The summed E-state index contributed by atoms with van der Waals surface area (Å²) < 4.78 is 13.0. The van der Waals surface area contributed by atoms with Gasteiger partial charge in [-0.15, -0.1) is 0 Å². The molecule has 0 radical (unpaired) electrons. The Morgan fingerprint density at radius 1 is 0.821 bits per heavy atom. The van der Waals surface area contributed by atoms with Gasteiger partial charge in [-0.2, -0.15) is 0 Å². The molecule has 28 heavy (non-hydrogen) atoms. The maximum absolute atomic E-state index is 13.0. The SMILES string of the molecule is Fc1ccc(CN[C@@H]2CC[C@H](C(c3ccccc3)c3ccccc3)NC2)cc1. The van der Waals surface area contributed by atoms with E-state index in [1.807, 2.05) is 12.1 Å². The van der Waals surface area contributed by atoms with Gasteiger partial charge in [0.25, 0.3) is 0 Å². The van der Waals surface area contributed by atoms with E-state index in [0.29, 0.717) is 18.0 Å². The quantitative estimate of drug-likeness (QED) is 0.643. The van der Waals surface area contributed by atoms with Gasteiger partial charge in [-0.05, 0) is 41.7 Å². The van der Waals surface area contributed by atoms with Gasteiger partial charge in [0.05, 0.1) is 0 Å². The third kappa shape index (κ3) is 4.67. The van der Waals surface area contributed by atoms with Gasteiger partial charge >= 0.3 is 0 Å². The molecule has 3 aromatic rings. The molecule has 3 heteroatoms. The molecule has 4 rings (SSSR count). The van der Waals surface area contributed by atoms with Crippen molar-refractivity contribution in [3.8, 4) is 0 Å². The monoisotopic (exact) mass is 374 g/mol. The molecule has 1 saturated heterocycles. The fourth-order valence-electron chi connectivity index (χ4n) is 4.18. The molecular formula is C25H27FN2. The second kappa shape index (κ2) is 9.13.